The Kier molecular flexibility index (Phi) is 5.23. The first-order valence-corrected chi connectivity index (χ1v) is 7.67. The molecule has 1 aliphatic heterocycles. The first-order valence-electron chi connectivity index (χ1n) is 7.67. The molecule has 1 unspecified atom stereocenters. The summed E-state index contributed by atoms with van der Waals surface area (Å²) in [5.74, 6) is 0.826. The predicted octanol–water partition coefficient (Wildman–Crippen LogP) is 2.54. The molecular formula is C17H27N3O. The highest BCUT2D eigenvalue weighted by atomic mass is 16.5. The van der Waals surface area contributed by atoms with Gasteiger partial charge in [-0.15, -0.1) is 0 Å². The largest absolute Gasteiger partial charge is 0.373 e. The number of rotatable bonds is 4. The lowest BCUT2D eigenvalue weighted by atomic mass is 10.0. The lowest BCUT2D eigenvalue weighted by Gasteiger charge is -2.24. The number of nitrogens with one attached hydrogen (secondary N) is 2. The Morgan fingerprint density at radius 3 is 2.76 bits per heavy atom. The van der Waals surface area contributed by atoms with Crippen molar-refractivity contribution in [3.8, 4) is 0 Å². The van der Waals surface area contributed by atoms with E-state index in [4.69, 9.17) is 4.74 Å². The zero-order valence-electron chi connectivity index (χ0n) is 13.6. The van der Waals surface area contributed by atoms with Crippen LogP contribution < -0.4 is 10.6 Å². The molecule has 0 saturated carbocycles. The van der Waals surface area contributed by atoms with Gasteiger partial charge in [-0.05, 0) is 44.7 Å². The van der Waals surface area contributed by atoms with Crippen molar-refractivity contribution in [1.82, 2.24) is 10.6 Å². The number of aliphatic imine (C=N–C) groups is 1. The van der Waals surface area contributed by atoms with Gasteiger partial charge in [0.2, 0.25) is 0 Å². The second-order valence-corrected chi connectivity index (χ2v) is 6.11. The lowest BCUT2D eigenvalue weighted by Crippen LogP contribution is -2.45. The first kappa shape index (κ1) is 15.8. The molecule has 1 aromatic carbocycles. The second-order valence-electron chi connectivity index (χ2n) is 6.11. The Morgan fingerprint density at radius 1 is 1.33 bits per heavy atom. The third kappa shape index (κ3) is 4.46. The van der Waals surface area contributed by atoms with Gasteiger partial charge in [0.05, 0.1) is 5.60 Å². The minimum absolute atomic E-state index is 0.0581. The molecule has 1 atom stereocenters. The summed E-state index contributed by atoms with van der Waals surface area (Å²) in [5.41, 5.74) is 3.85. The van der Waals surface area contributed by atoms with Crippen molar-refractivity contribution in [3.63, 3.8) is 0 Å². The van der Waals surface area contributed by atoms with Crippen LogP contribution in [0.1, 0.15) is 36.5 Å². The molecule has 1 fully saturated rings. The van der Waals surface area contributed by atoms with Crippen LogP contribution in [0.4, 0.5) is 0 Å². The molecule has 1 aliphatic rings. The van der Waals surface area contributed by atoms with Crippen LogP contribution in [-0.2, 0) is 11.3 Å². The summed E-state index contributed by atoms with van der Waals surface area (Å²) >= 11 is 0. The van der Waals surface area contributed by atoms with Gasteiger partial charge in [0.1, 0.15) is 0 Å². The smallest absolute Gasteiger partial charge is 0.191 e. The van der Waals surface area contributed by atoms with Gasteiger partial charge in [0.15, 0.2) is 5.96 Å². The molecule has 0 aliphatic carbocycles. The Hall–Kier alpha value is -1.55. The van der Waals surface area contributed by atoms with Crippen molar-refractivity contribution in [2.24, 2.45) is 4.99 Å². The molecule has 4 heteroatoms. The number of ether oxygens (including phenoxy) is 1. The molecule has 4 nitrogen and oxygen atoms in total. The van der Waals surface area contributed by atoms with Gasteiger partial charge >= 0.3 is 0 Å². The summed E-state index contributed by atoms with van der Waals surface area (Å²) in [5, 5.41) is 6.74. The predicted molar refractivity (Wildman–Crippen MR) is 87.7 cm³/mol. The summed E-state index contributed by atoms with van der Waals surface area (Å²) in [4.78, 5) is 4.28. The van der Waals surface area contributed by atoms with Crippen molar-refractivity contribution in [2.45, 2.75) is 45.8 Å². The van der Waals surface area contributed by atoms with E-state index in [1.165, 1.54) is 16.7 Å². The summed E-state index contributed by atoms with van der Waals surface area (Å²) < 4.78 is 5.79. The minimum Gasteiger partial charge on any atom is -0.373 e. The SMILES string of the molecule is CN=C(NCc1ccc(C)cc1C)NCC1(C)CCCO1. The van der Waals surface area contributed by atoms with Crippen molar-refractivity contribution >= 4 is 5.96 Å². The van der Waals surface area contributed by atoms with Crippen LogP contribution in [-0.4, -0.2) is 31.8 Å². The average molecular weight is 289 g/mol. The van der Waals surface area contributed by atoms with E-state index < -0.39 is 0 Å². The van der Waals surface area contributed by atoms with E-state index in [0.717, 1.165) is 38.5 Å². The summed E-state index contributed by atoms with van der Waals surface area (Å²) in [6, 6.07) is 6.53. The number of benzene rings is 1. The highest BCUT2D eigenvalue weighted by Crippen LogP contribution is 2.23. The van der Waals surface area contributed by atoms with Crippen LogP contribution in [0.2, 0.25) is 0 Å². The van der Waals surface area contributed by atoms with Gasteiger partial charge in [-0.25, -0.2) is 0 Å². The molecule has 21 heavy (non-hydrogen) atoms. The van der Waals surface area contributed by atoms with Crippen LogP contribution in [0.5, 0.6) is 0 Å². The maximum Gasteiger partial charge on any atom is 0.191 e. The Bertz CT molecular complexity index is 505. The Morgan fingerprint density at radius 2 is 2.14 bits per heavy atom. The maximum atomic E-state index is 5.79. The van der Waals surface area contributed by atoms with Crippen LogP contribution in [0.15, 0.2) is 23.2 Å². The highest BCUT2D eigenvalue weighted by molar-refractivity contribution is 5.79. The molecule has 116 valence electrons. The monoisotopic (exact) mass is 289 g/mol. The van der Waals surface area contributed by atoms with Crippen LogP contribution >= 0.6 is 0 Å². The van der Waals surface area contributed by atoms with E-state index in [1.807, 2.05) is 0 Å². The maximum absolute atomic E-state index is 5.79. The summed E-state index contributed by atoms with van der Waals surface area (Å²) in [7, 11) is 1.80. The Labute approximate surface area is 128 Å². The molecule has 0 radical (unpaired) electrons. The highest BCUT2D eigenvalue weighted by Gasteiger charge is 2.29. The van der Waals surface area contributed by atoms with Crippen LogP contribution in [0.25, 0.3) is 0 Å². The second kappa shape index (κ2) is 6.94. The molecule has 0 aromatic heterocycles. The summed E-state index contributed by atoms with van der Waals surface area (Å²) in [6.07, 6.45) is 2.25. The molecule has 2 rings (SSSR count). The zero-order valence-corrected chi connectivity index (χ0v) is 13.6. The standard InChI is InChI=1S/C17H27N3O/c1-13-6-7-15(14(2)10-13)11-19-16(18-4)20-12-17(3)8-5-9-21-17/h6-7,10H,5,8-9,11-12H2,1-4H3,(H2,18,19,20). The van der Waals surface area contributed by atoms with Crippen molar-refractivity contribution in [3.05, 3.63) is 34.9 Å². The van der Waals surface area contributed by atoms with Gasteiger partial charge in [0, 0.05) is 26.7 Å². The minimum atomic E-state index is -0.0581. The quantitative estimate of drug-likeness (QED) is 0.661. The zero-order chi connectivity index (χ0) is 15.3. The lowest BCUT2D eigenvalue weighted by molar-refractivity contribution is 0.0243. The van der Waals surface area contributed by atoms with Crippen molar-refractivity contribution in [2.75, 3.05) is 20.2 Å². The molecule has 1 aromatic rings. The number of guanidine groups is 1. The van der Waals surface area contributed by atoms with Gasteiger partial charge < -0.3 is 15.4 Å². The van der Waals surface area contributed by atoms with Gasteiger partial charge in [0.25, 0.3) is 0 Å². The fraction of sp³-hybridized carbons (Fsp3) is 0.588. The molecule has 1 saturated heterocycles. The van der Waals surface area contributed by atoms with Crippen LogP contribution in [0, 0.1) is 13.8 Å². The average Bonchev–Trinajstić information content (AvgIpc) is 2.88. The molecule has 2 N–H and O–H groups in total. The van der Waals surface area contributed by atoms with Crippen molar-refractivity contribution in [1.29, 1.82) is 0 Å². The van der Waals surface area contributed by atoms with E-state index in [0.29, 0.717) is 0 Å². The summed E-state index contributed by atoms with van der Waals surface area (Å²) in [6.45, 7) is 8.86. The molecule has 0 amide bonds. The van der Waals surface area contributed by atoms with E-state index in [-0.39, 0.29) is 5.60 Å². The van der Waals surface area contributed by atoms with Crippen LogP contribution in [0.3, 0.4) is 0 Å². The molecule has 0 spiro atoms. The van der Waals surface area contributed by atoms with E-state index in [2.05, 4.69) is 54.6 Å². The molecular weight excluding hydrogens is 262 g/mol. The number of hydrogen-bond donors (Lipinski definition) is 2. The van der Waals surface area contributed by atoms with Gasteiger partial charge in [-0.3, -0.25) is 4.99 Å². The number of hydrogen-bond acceptors (Lipinski definition) is 2. The fourth-order valence-corrected chi connectivity index (χ4v) is 2.69. The Balaban J connectivity index is 1.85. The molecule has 1 heterocycles. The fourth-order valence-electron chi connectivity index (χ4n) is 2.69. The molecule has 0 bridgehead atoms. The van der Waals surface area contributed by atoms with E-state index in [1.54, 1.807) is 7.05 Å². The number of nitrogens with zero attached hydrogens (tertiary/aromatic N) is 1. The first-order chi connectivity index (χ1) is 10.0. The van der Waals surface area contributed by atoms with E-state index >= 15 is 0 Å². The number of aryl methyl sites for hydroxylation is 2. The third-order valence-electron chi connectivity index (χ3n) is 4.10. The topological polar surface area (TPSA) is 45.7 Å². The third-order valence-corrected chi connectivity index (χ3v) is 4.10. The normalized spacial score (nSPS) is 22.4. The van der Waals surface area contributed by atoms with Crippen molar-refractivity contribution < 1.29 is 4.74 Å². The van der Waals surface area contributed by atoms with Gasteiger partial charge in [-0.1, -0.05) is 23.8 Å². The van der Waals surface area contributed by atoms with E-state index in [9.17, 15) is 0 Å². The van der Waals surface area contributed by atoms with Gasteiger partial charge in [-0.2, -0.15) is 0 Å².